The van der Waals surface area contributed by atoms with E-state index in [1.165, 1.54) is 11.3 Å². The molecule has 2 aromatic carbocycles. The lowest BCUT2D eigenvalue weighted by Crippen LogP contribution is -2.29. The van der Waals surface area contributed by atoms with Crippen LogP contribution in [0.25, 0.3) is 27.5 Å². The summed E-state index contributed by atoms with van der Waals surface area (Å²) in [5.41, 5.74) is 3.54. The van der Waals surface area contributed by atoms with Crippen molar-refractivity contribution in [2.75, 3.05) is 14.2 Å². The molecular weight excluding hydrogens is 472 g/mol. The van der Waals surface area contributed by atoms with Crippen molar-refractivity contribution in [2.45, 2.75) is 19.3 Å². The Kier molecular flexibility index (Phi) is 5.98. The zero-order valence-corrected chi connectivity index (χ0v) is 20.2. The van der Waals surface area contributed by atoms with Crippen molar-refractivity contribution in [3.05, 3.63) is 80.5 Å². The number of ether oxygens (including phenoxy) is 2. The topological polar surface area (TPSA) is 70.4 Å². The normalized spacial score (nSPS) is 13.0. The summed E-state index contributed by atoms with van der Waals surface area (Å²) >= 11 is 7.38. The third-order valence-corrected chi connectivity index (χ3v) is 7.05. The number of hydrogen-bond donors (Lipinski definition) is 0. The van der Waals surface area contributed by atoms with Gasteiger partial charge in [-0.2, -0.15) is 0 Å². The number of rotatable bonds is 5. The highest BCUT2D eigenvalue weighted by atomic mass is 35.5. The number of hydrogen-bond acceptors (Lipinski definition) is 6. The van der Waals surface area contributed by atoms with Crippen molar-refractivity contribution in [3.63, 3.8) is 0 Å². The van der Waals surface area contributed by atoms with Gasteiger partial charge in [0.1, 0.15) is 16.5 Å². The van der Waals surface area contributed by atoms with E-state index in [1.54, 1.807) is 55.2 Å². The summed E-state index contributed by atoms with van der Waals surface area (Å²) < 4.78 is 12.6. The van der Waals surface area contributed by atoms with Gasteiger partial charge in [0, 0.05) is 39.7 Å². The number of benzene rings is 2. The number of thiazole rings is 1. The number of pyridine rings is 1. The van der Waals surface area contributed by atoms with Crippen molar-refractivity contribution < 1.29 is 14.3 Å². The second-order valence-electron chi connectivity index (χ2n) is 7.92. The van der Waals surface area contributed by atoms with Gasteiger partial charge in [0.2, 0.25) is 0 Å². The van der Waals surface area contributed by atoms with Crippen LogP contribution >= 0.6 is 22.9 Å². The number of fused-ring (bicyclic) bond motifs is 1. The first-order chi connectivity index (χ1) is 16.5. The van der Waals surface area contributed by atoms with Gasteiger partial charge in [-0.3, -0.25) is 14.2 Å². The maximum Gasteiger partial charge on any atom is 0.265 e. The highest BCUT2D eigenvalue weighted by Crippen LogP contribution is 2.34. The maximum absolute atomic E-state index is 13.9. The predicted molar refractivity (Wildman–Crippen MR) is 134 cm³/mol. The van der Waals surface area contributed by atoms with Crippen molar-refractivity contribution in [1.29, 1.82) is 0 Å². The van der Waals surface area contributed by atoms with E-state index in [0.29, 0.717) is 63.3 Å². The van der Waals surface area contributed by atoms with E-state index in [2.05, 4.69) is 0 Å². The number of Topliss-reactive ketones (excluding diaryl/α,β-unsaturated/α-hetero) is 1. The molecule has 0 atom stereocenters. The standard InChI is InChI=1S/C26H21ClN2O4S/c1-32-17-10-11-24(33-2)22(12-17)29-21-4-3-5-23(30)18(21)13-19(26(29)31)25-28-20(14-34-25)15-6-8-16(27)9-7-15/h6-14H,3-5H2,1-2H3. The van der Waals surface area contributed by atoms with E-state index in [9.17, 15) is 9.59 Å². The maximum atomic E-state index is 13.9. The molecule has 2 aromatic heterocycles. The number of methoxy groups -OCH3 is 2. The average molecular weight is 493 g/mol. The van der Waals surface area contributed by atoms with Gasteiger partial charge < -0.3 is 9.47 Å². The van der Waals surface area contributed by atoms with Crippen LogP contribution in [0.2, 0.25) is 5.02 Å². The molecule has 34 heavy (non-hydrogen) atoms. The van der Waals surface area contributed by atoms with Gasteiger partial charge in [-0.05, 0) is 43.2 Å². The Labute approximate surface area is 205 Å². The Hall–Kier alpha value is -3.42. The summed E-state index contributed by atoms with van der Waals surface area (Å²) in [5.74, 6) is 1.12. The van der Waals surface area contributed by atoms with Gasteiger partial charge in [-0.15, -0.1) is 11.3 Å². The number of aromatic nitrogens is 2. The van der Waals surface area contributed by atoms with E-state index in [0.717, 1.165) is 11.3 Å². The fourth-order valence-corrected chi connectivity index (χ4v) is 5.18. The molecule has 0 saturated carbocycles. The molecular formula is C26H21ClN2O4S. The lowest BCUT2D eigenvalue weighted by atomic mass is 9.93. The fraction of sp³-hybridized carbons (Fsp3) is 0.192. The Bertz CT molecular complexity index is 1460. The van der Waals surface area contributed by atoms with E-state index >= 15 is 0 Å². The minimum absolute atomic E-state index is 0.0209. The number of halogens is 1. The molecule has 0 aliphatic heterocycles. The van der Waals surface area contributed by atoms with E-state index in [4.69, 9.17) is 26.1 Å². The predicted octanol–water partition coefficient (Wildman–Crippen LogP) is 5.82. The zero-order chi connectivity index (χ0) is 23.8. The van der Waals surface area contributed by atoms with Crippen LogP contribution in [0.3, 0.4) is 0 Å². The smallest absolute Gasteiger partial charge is 0.265 e. The van der Waals surface area contributed by atoms with Gasteiger partial charge in [0.15, 0.2) is 5.78 Å². The van der Waals surface area contributed by atoms with Crippen molar-refractivity contribution >= 4 is 28.7 Å². The highest BCUT2D eigenvalue weighted by molar-refractivity contribution is 7.13. The van der Waals surface area contributed by atoms with Crippen LogP contribution in [-0.4, -0.2) is 29.6 Å². The SMILES string of the molecule is COc1ccc(OC)c(-n2c3c(cc(-c4nc(-c5ccc(Cl)cc5)cs4)c2=O)C(=O)CCC3)c1. The number of nitrogens with zero attached hydrogens (tertiary/aromatic N) is 2. The van der Waals surface area contributed by atoms with Gasteiger partial charge in [0.05, 0.1) is 31.2 Å². The van der Waals surface area contributed by atoms with Crippen LogP contribution < -0.4 is 15.0 Å². The minimum Gasteiger partial charge on any atom is -0.497 e. The van der Waals surface area contributed by atoms with Gasteiger partial charge >= 0.3 is 0 Å². The second-order valence-corrected chi connectivity index (χ2v) is 9.21. The monoisotopic (exact) mass is 492 g/mol. The van der Waals surface area contributed by atoms with Crippen LogP contribution in [0, 0.1) is 0 Å². The van der Waals surface area contributed by atoms with Gasteiger partial charge in [-0.25, -0.2) is 4.98 Å². The van der Waals surface area contributed by atoms with Gasteiger partial charge in [0.25, 0.3) is 5.56 Å². The Morgan fingerprint density at radius 1 is 0.971 bits per heavy atom. The molecule has 0 spiro atoms. The molecule has 4 aromatic rings. The first kappa shape index (κ1) is 22.4. The summed E-state index contributed by atoms with van der Waals surface area (Å²) in [6.45, 7) is 0. The molecule has 6 nitrogen and oxygen atoms in total. The first-order valence-electron chi connectivity index (χ1n) is 10.8. The summed E-state index contributed by atoms with van der Waals surface area (Å²) in [6, 6.07) is 14.4. The average Bonchev–Trinajstić information content (AvgIpc) is 3.34. The van der Waals surface area contributed by atoms with Crippen LogP contribution in [-0.2, 0) is 6.42 Å². The molecule has 1 aliphatic carbocycles. The van der Waals surface area contributed by atoms with Crippen LogP contribution in [0.4, 0.5) is 0 Å². The highest BCUT2D eigenvalue weighted by Gasteiger charge is 2.27. The molecule has 0 unspecified atom stereocenters. The van der Waals surface area contributed by atoms with Crippen molar-refractivity contribution in [1.82, 2.24) is 9.55 Å². The summed E-state index contributed by atoms with van der Waals surface area (Å²) in [7, 11) is 3.12. The molecule has 5 rings (SSSR count). The number of ketones is 1. The molecule has 0 N–H and O–H groups in total. The molecule has 0 saturated heterocycles. The summed E-state index contributed by atoms with van der Waals surface area (Å²) in [4.78, 5) is 31.5. The molecule has 0 radical (unpaired) electrons. The molecule has 0 amide bonds. The zero-order valence-electron chi connectivity index (χ0n) is 18.6. The van der Waals surface area contributed by atoms with Crippen LogP contribution in [0.5, 0.6) is 11.5 Å². The van der Waals surface area contributed by atoms with E-state index in [1.807, 2.05) is 17.5 Å². The number of carbonyl (C=O) groups is 1. The summed E-state index contributed by atoms with van der Waals surface area (Å²) in [6.07, 6.45) is 1.76. The lowest BCUT2D eigenvalue weighted by Gasteiger charge is -2.23. The van der Waals surface area contributed by atoms with Crippen LogP contribution in [0.15, 0.2) is 58.7 Å². The second kappa shape index (κ2) is 9.08. The first-order valence-corrected chi connectivity index (χ1v) is 12.0. The quantitative estimate of drug-likeness (QED) is 0.351. The Morgan fingerprint density at radius 2 is 1.76 bits per heavy atom. The van der Waals surface area contributed by atoms with Gasteiger partial charge in [-0.1, -0.05) is 23.7 Å². The molecule has 172 valence electrons. The summed E-state index contributed by atoms with van der Waals surface area (Å²) in [5, 5.41) is 3.09. The van der Waals surface area contributed by atoms with Crippen LogP contribution in [0.1, 0.15) is 28.9 Å². The largest absolute Gasteiger partial charge is 0.497 e. The Balaban J connectivity index is 1.74. The van der Waals surface area contributed by atoms with Crippen molar-refractivity contribution in [3.8, 4) is 39.0 Å². The molecule has 1 aliphatic rings. The molecule has 0 bridgehead atoms. The molecule has 2 heterocycles. The van der Waals surface area contributed by atoms with E-state index in [-0.39, 0.29) is 11.3 Å². The minimum atomic E-state index is -0.253. The third-order valence-electron chi connectivity index (χ3n) is 5.92. The Morgan fingerprint density at radius 3 is 2.50 bits per heavy atom. The number of carbonyl (C=O) groups excluding carboxylic acids is 1. The lowest BCUT2D eigenvalue weighted by molar-refractivity contribution is 0.0971. The fourth-order valence-electron chi connectivity index (χ4n) is 4.22. The third kappa shape index (κ3) is 3.91. The van der Waals surface area contributed by atoms with Crippen molar-refractivity contribution in [2.24, 2.45) is 0 Å². The molecule has 0 fully saturated rings. The van der Waals surface area contributed by atoms with E-state index < -0.39 is 0 Å². The molecule has 8 heteroatoms.